The first-order chi connectivity index (χ1) is 11.9. The fourth-order valence-corrected chi connectivity index (χ4v) is 3.65. The molecule has 1 N–H and O–H groups in total. The second kappa shape index (κ2) is 7.14. The van der Waals surface area contributed by atoms with Crippen molar-refractivity contribution in [3.05, 3.63) is 35.6 Å². The fourth-order valence-electron chi connectivity index (χ4n) is 3.65. The van der Waals surface area contributed by atoms with Crippen molar-refractivity contribution in [2.45, 2.75) is 44.9 Å². The minimum atomic E-state index is -0.230. The summed E-state index contributed by atoms with van der Waals surface area (Å²) in [6.45, 7) is 5.76. The summed E-state index contributed by atoms with van der Waals surface area (Å²) >= 11 is 0. The maximum atomic E-state index is 13.1. The molecule has 3 rings (SSSR count). The molecule has 2 aliphatic rings. The van der Waals surface area contributed by atoms with Crippen LogP contribution >= 0.6 is 0 Å². The molecule has 0 bridgehead atoms. The first-order valence-corrected chi connectivity index (χ1v) is 9.24. The molecule has 1 heterocycles. The Morgan fingerprint density at radius 1 is 1.20 bits per heavy atom. The summed E-state index contributed by atoms with van der Waals surface area (Å²) in [5.74, 6) is 0.0273. The second-order valence-corrected chi connectivity index (χ2v) is 7.76. The highest BCUT2D eigenvalue weighted by atomic mass is 19.1. The van der Waals surface area contributed by atoms with Crippen LogP contribution < -0.4 is 5.32 Å². The number of nitrogens with one attached hydrogen (secondary N) is 1. The van der Waals surface area contributed by atoms with Gasteiger partial charge in [-0.2, -0.15) is 0 Å². The van der Waals surface area contributed by atoms with Crippen molar-refractivity contribution in [1.82, 2.24) is 10.2 Å². The van der Waals surface area contributed by atoms with Crippen molar-refractivity contribution >= 4 is 11.8 Å². The van der Waals surface area contributed by atoms with Crippen molar-refractivity contribution in [2.24, 2.45) is 11.8 Å². The second-order valence-electron chi connectivity index (χ2n) is 7.76. The van der Waals surface area contributed by atoms with E-state index in [2.05, 4.69) is 5.32 Å². The van der Waals surface area contributed by atoms with Gasteiger partial charge in [-0.1, -0.05) is 26.0 Å². The van der Waals surface area contributed by atoms with E-state index < -0.39 is 0 Å². The Bertz CT molecular complexity index is 630. The lowest BCUT2D eigenvalue weighted by Gasteiger charge is -2.32. The summed E-state index contributed by atoms with van der Waals surface area (Å²) in [5, 5.41) is 3.10. The molecular formula is C20H27FN2O2. The molecule has 1 aliphatic heterocycles. The van der Waals surface area contributed by atoms with Gasteiger partial charge in [-0.3, -0.25) is 9.59 Å². The highest BCUT2D eigenvalue weighted by Gasteiger charge is 2.44. The highest BCUT2D eigenvalue weighted by Crippen LogP contribution is 2.47. The van der Waals surface area contributed by atoms with E-state index in [1.165, 1.54) is 12.1 Å². The Hall–Kier alpha value is -1.91. The first-order valence-electron chi connectivity index (χ1n) is 9.24. The molecule has 4 nitrogen and oxygen atoms in total. The summed E-state index contributed by atoms with van der Waals surface area (Å²) < 4.78 is 13.1. The van der Waals surface area contributed by atoms with Crippen LogP contribution in [0.1, 0.15) is 45.1 Å². The summed E-state index contributed by atoms with van der Waals surface area (Å²) in [4.78, 5) is 26.4. The van der Waals surface area contributed by atoms with E-state index in [1.807, 2.05) is 30.9 Å². The lowest BCUT2D eigenvalue weighted by Crippen LogP contribution is -2.45. The van der Waals surface area contributed by atoms with Gasteiger partial charge in [-0.05, 0) is 43.4 Å². The number of piperidine rings is 1. The molecule has 0 radical (unpaired) electrons. The molecule has 0 aromatic heterocycles. The van der Waals surface area contributed by atoms with Gasteiger partial charge in [0, 0.05) is 36.9 Å². The molecular weight excluding hydrogens is 319 g/mol. The Labute approximate surface area is 148 Å². The lowest BCUT2D eigenvalue weighted by atomic mass is 9.93. The number of likely N-dealkylation sites (tertiary alicyclic amines) is 1. The number of nitrogens with zero attached hydrogens (tertiary/aromatic N) is 1. The van der Waals surface area contributed by atoms with Crippen LogP contribution in [0.4, 0.5) is 4.39 Å². The van der Waals surface area contributed by atoms with Gasteiger partial charge in [-0.15, -0.1) is 0 Å². The van der Waals surface area contributed by atoms with E-state index in [0.29, 0.717) is 19.6 Å². The molecule has 1 saturated heterocycles. The third-order valence-electron chi connectivity index (χ3n) is 5.58. The van der Waals surface area contributed by atoms with Crippen molar-refractivity contribution < 1.29 is 14.0 Å². The van der Waals surface area contributed by atoms with E-state index in [-0.39, 0.29) is 34.9 Å². The molecule has 1 aromatic carbocycles. The largest absolute Gasteiger partial charge is 0.355 e. The Balaban J connectivity index is 1.49. The molecule has 5 heteroatoms. The average molecular weight is 346 g/mol. The number of carbonyl (C=O) groups is 2. The van der Waals surface area contributed by atoms with Crippen LogP contribution in [0.25, 0.3) is 0 Å². The first kappa shape index (κ1) is 17.9. The molecule has 2 fully saturated rings. The third-order valence-corrected chi connectivity index (χ3v) is 5.58. The van der Waals surface area contributed by atoms with Gasteiger partial charge in [-0.25, -0.2) is 4.39 Å². The maximum Gasteiger partial charge on any atom is 0.225 e. The van der Waals surface area contributed by atoms with E-state index in [9.17, 15) is 14.0 Å². The number of carbonyl (C=O) groups excluding carboxylic acids is 2. The van der Waals surface area contributed by atoms with Gasteiger partial charge in [0.25, 0.3) is 0 Å². The minimum Gasteiger partial charge on any atom is -0.355 e. The van der Waals surface area contributed by atoms with Crippen LogP contribution in [0.15, 0.2) is 24.3 Å². The molecule has 1 aliphatic carbocycles. The lowest BCUT2D eigenvalue weighted by molar-refractivity contribution is -0.138. The Kier molecular flexibility index (Phi) is 5.11. The maximum absolute atomic E-state index is 13.1. The molecule has 0 spiro atoms. The number of rotatable bonds is 5. The van der Waals surface area contributed by atoms with Gasteiger partial charge in [0.05, 0.1) is 0 Å². The smallest absolute Gasteiger partial charge is 0.225 e. The van der Waals surface area contributed by atoms with Crippen molar-refractivity contribution in [1.29, 1.82) is 0 Å². The quantitative estimate of drug-likeness (QED) is 0.891. The fraction of sp³-hybridized carbons (Fsp3) is 0.600. The number of halogens is 1. The SMILES string of the molecule is CC(C)C(=O)N1CCC(C(=O)NCC2(c3ccc(F)cc3)CC2)CC1. The van der Waals surface area contributed by atoms with Crippen molar-refractivity contribution in [3.8, 4) is 0 Å². The summed E-state index contributed by atoms with van der Waals surface area (Å²) in [6.07, 6.45) is 3.52. The van der Waals surface area contributed by atoms with Gasteiger partial charge in [0.15, 0.2) is 0 Å². The predicted octanol–water partition coefficient (Wildman–Crippen LogP) is 2.87. The molecule has 25 heavy (non-hydrogen) atoms. The molecule has 136 valence electrons. The zero-order chi connectivity index (χ0) is 18.0. The highest BCUT2D eigenvalue weighted by molar-refractivity contribution is 5.80. The molecule has 2 amide bonds. The molecule has 0 atom stereocenters. The average Bonchev–Trinajstić information content (AvgIpc) is 3.41. The number of hydrogen-bond acceptors (Lipinski definition) is 2. The zero-order valence-electron chi connectivity index (χ0n) is 15.1. The predicted molar refractivity (Wildman–Crippen MR) is 94.5 cm³/mol. The van der Waals surface area contributed by atoms with Crippen LogP contribution in [-0.4, -0.2) is 36.3 Å². The van der Waals surface area contributed by atoms with Gasteiger partial charge in [0.1, 0.15) is 5.82 Å². The summed E-state index contributed by atoms with van der Waals surface area (Å²) in [5.41, 5.74) is 1.09. The standard InChI is InChI=1S/C20H27FN2O2/c1-14(2)19(25)23-11-7-15(8-12-23)18(24)22-13-20(9-10-20)16-3-5-17(21)6-4-16/h3-6,14-15H,7-13H2,1-2H3,(H,22,24). The summed E-state index contributed by atoms with van der Waals surface area (Å²) in [6, 6.07) is 6.62. The number of amides is 2. The summed E-state index contributed by atoms with van der Waals surface area (Å²) in [7, 11) is 0. The van der Waals surface area contributed by atoms with Crippen LogP contribution in [0.5, 0.6) is 0 Å². The van der Waals surface area contributed by atoms with Gasteiger partial charge < -0.3 is 10.2 Å². The van der Waals surface area contributed by atoms with Crippen LogP contribution in [0.3, 0.4) is 0 Å². The van der Waals surface area contributed by atoms with E-state index >= 15 is 0 Å². The van der Waals surface area contributed by atoms with E-state index in [0.717, 1.165) is 31.2 Å². The zero-order valence-corrected chi connectivity index (χ0v) is 15.1. The van der Waals surface area contributed by atoms with Crippen molar-refractivity contribution in [2.75, 3.05) is 19.6 Å². The topological polar surface area (TPSA) is 49.4 Å². The number of benzene rings is 1. The molecule has 1 aromatic rings. The van der Waals surface area contributed by atoms with Crippen molar-refractivity contribution in [3.63, 3.8) is 0 Å². The minimum absolute atomic E-state index is 0.0100. The van der Waals surface area contributed by atoms with Crippen LogP contribution in [0.2, 0.25) is 0 Å². The van der Waals surface area contributed by atoms with Gasteiger partial charge in [0.2, 0.25) is 11.8 Å². The van der Waals surface area contributed by atoms with E-state index in [1.54, 1.807) is 0 Å². The number of hydrogen-bond donors (Lipinski definition) is 1. The Morgan fingerprint density at radius 2 is 1.80 bits per heavy atom. The normalized spacial score (nSPS) is 19.8. The molecule has 0 unspecified atom stereocenters. The third kappa shape index (κ3) is 4.02. The van der Waals surface area contributed by atoms with Gasteiger partial charge >= 0.3 is 0 Å². The monoisotopic (exact) mass is 346 g/mol. The molecule has 1 saturated carbocycles. The van der Waals surface area contributed by atoms with Crippen LogP contribution in [0, 0.1) is 17.7 Å². The van der Waals surface area contributed by atoms with E-state index in [4.69, 9.17) is 0 Å². The Morgan fingerprint density at radius 3 is 2.32 bits per heavy atom. The van der Waals surface area contributed by atoms with Crippen LogP contribution in [-0.2, 0) is 15.0 Å².